The van der Waals surface area contributed by atoms with E-state index in [1.54, 1.807) is 30.3 Å². The number of methoxy groups -OCH3 is 5. The first kappa shape index (κ1) is 21.9. The van der Waals surface area contributed by atoms with Crippen LogP contribution in [0.3, 0.4) is 0 Å². The highest BCUT2D eigenvalue weighted by Crippen LogP contribution is 2.47. The van der Waals surface area contributed by atoms with Crippen molar-refractivity contribution in [2.45, 2.75) is 13.3 Å². The molecular formula is C22H27NO6. The number of benzene rings is 2. The van der Waals surface area contributed by atoms with Crippen molar-refractivity contribution in [2.75, 3.05) is 41.3 Å². The van der Waals surface area contributed by atoms with Crippen molar-refractivity contribution < 1.29 is 28.5 Å². The largest absolute Gasteiger partial charge is 0.495 e. The van der Waals surface area contributed by atoms with Crippen molar-refractivity contribution in [1.29, 1.82) is 0 Å². The van der Waals surface area contributed by atoms with Crippen LogP contribution in [0.4, 0.5) is 5.69 Å². The zero-order chi connectivity index (χ0) is 21.6. The summed E-state index contributed by atoms with van der Waals surface area (Å²) in [6, 6.07) is 6.70. The predicted octanol–water partition coefficient (Wildman–Crippen LogP) is 3.99. The second kappa shape index (κ2) is 9.73. The number of Topliss-reactive ketones (excluding diaryl/α,β-unsaturated/α-hetero) is 1. The van der Waals surface area contributed by atoms with E-state index in [-0.39, 0.29) is 5.78 Å². The van der Waals surface area contributed by atoms with Crippen LogP contribution in [-0.4, -0.2) is 41.3 Å². The second-order valence-electron chi connectivity index (χ2n) is 6.08. The number of carbonyl (C=O) groups excluding carboxylic acids is 1. The van der Waals surface area contributed by atoms with Crippen LogP contribution in [0.1, 0.15) is 29.3 Å². The van der Waals surface area contributed by atoms with Crippen LogP contribution in [0.2, 0.25) is 0 Å². The third-order valence-corrected chi connectivity index (χ3v) is 4.52. The van der Waals surface area contributed by atoms with E-state index in [2.05, 4.69) is 0 Å². The van der Waals surface area contributed by atoms with Crippen LogP contribution < -0.4 is 29.4 Å². The fourth-order valence-corrected chi connectivity index (χ4v) is 3.02. The Morgan fingerprint density at radius 3 is 2.00 bits per heavy atom. The number of ketones is 1. The van der Waals surface area contributed by atoms with Gasteiger partial charge in [-0.25, -0.2) is 0 Å². The Labute approximate surface area is 171 Å². The summed E-state index contributed by atoms with van der Waals surface area (Å²) in [6.07, 6.45) is 2.26. The van der Waals surface area contributed by atoms with Gasteiger partial charge >= 0.3 is 0 Å². The Morgan fingerprint density at radius 2 is 1.48 bits per heavy atom. The molecule has 7 nitrogen and oxygen atoms in total. The highest BCUT2D eigenvalue weighted by molar-refractivity contribution is 6.12. The quantitative estimate of drug-likeness (QED) is 0.386. The fourth-order valence-electron chi connectivity index (χ4n) is 3.02. The topological polar surface area (TPSA) is 89.2 Å². The van der Waals surface area contributed by atoms with Crippen LogP contribution in [0, 0.1) is 0 Å². The maximum atomic E-state index is 13.1. The number of nitrogens with two attached hydrogens (primary N) is 1. The lowest BCUT2D eigenvalue weighted by Gasteiger charge is -2.18. The summed E-state index contributed by atoms with van der Waals surface area (Å²) in [5.74, 6) is 2.03. The molecule has 7 heteroatoms. The first-order valence-electron chi connectivity index (χ1n) is 9.01. The molecule has 0 fully saturated rings. The summed E-state index contributed by atoms with van der Waals surface area (Å²) in [7, 11) is 7.60. The van der Waals surface area contributed by atoms with Gasteiger partial charge in [0.25, 0.3) is 0 Å². The normalized spacial score (nSPS) is 11.0. The first-order valence-corrected chi connectivity index (χ1v) is 9.01. The third-order valence-electron chi connectivity index (χ3n) is 4.52. The molecule has 2 rings (SSSR count). The lowest BCUT2D eigenvalue weighted by atomic mass is 9.98. The van der Waals surface area contributed by atoms with E-state index >= 15 is 0 Å². The van der Waals surface area contributed by atoms with E-state index in [0.29, 0.717) is 57.6 Å². The molecule has 0 heterocycles. The third kappa shape index (κ3) is 4.39. The Kier molecular flexibility index (Phi) is 7.36. The van der Waals surface area contributed by atoms with Crippen molar-refractivity contribution in [3.8, 4) is 28.7 Å². The number of hydrogen-bond donors (Lipinski definition) is 1. The highest BCUT2D eigenvalue weighted by Gasteiger charge is 2.22. The van der Waals surface area contributed by atoms with Gasteiger partial charge in [-0.15, -0.1) is 0 Å². The maximum absolute atomic E-state index is 13.1. The molecule has 156 valence electrons. The van der Waals surface area contributed by atoms with E-state index in [1.165, 1.54) is 35.5 Å². The molecule has 2 aromatic carbocycles. The summed E-state index contributed by atoms with van der Waals surface area (Å²) in [5, 5.41) is 0. The second-order valence-corrected chi connectivity index (χ2v) is 6.08. The van der Waals surface area contributed by atoms with Gasteiger partial charge in [-0.05, 0) is 36.8 Å². The highest BCUT2D eigenvalue weighted by atomic mass is 16.5. The van der Waals surface area contributed by atoms with E-state index in [4.69, 9.17) is 29.4 Å². The molecular weight excluding hydrogens is 374 g/mol. The van der Waals surface area contributed by atoms with Crippen molar-refractivity contribution >= 4 is 17.5 Å². The van der Waals surface area contributed by atoms with Gasteiger partial charge in [0.1, 0.15) is 5.75 Å². The van der Waals surface area contributed by atoms with Crippen molar-refractivity contribution in [3.63, 3.8) is 0 Å². The summed E-state index contributed by atoms with van der Waals surface area (Å²) in [4.78, 5) is 13.1. The number of carbonyl (C=O) groups is 1. The van der Waals surface area contributed by atoms with E-state index in [1.807, 2.05) is 6.92 Å². The van der Waals surface area contributed by atoms with Crippen LogP contribution in [0.5, 0.6) is 28.7 Å². The molecule has 0 bridgehead atoms. The average molecular weight is 401 g/mol. The smallest absolute Gasteiger partial charge is 0.207 e. The van der Waals surface area contributed by atoms with E-state index in [9.17, 15) is 4.79 Å². The van der Waals surface area contributed by atoms with Crippen molar-refractivity contribution in [2.24, 2.45) is 0 Å². The zero-order valence-electron chi connectivity index (χ0n) is 17.6. The minimum Gasteiger partial charge on any atom is -0.495 e. The molecule has 29 heavy (non-hydrogen) atoms. The van der Waals surface area contributed by atoms with E-state index in [0.717, 1.165) is 0 Å². The first-order chi connectivity index (χ1) is 13.9. The van der Waals surface area contributed by atoms with Crippen LogP contribution in [-0.2, 0) is 0 Å². The molecule has 0 radical (unpaired) electrons. The van der Waals surface area contributed by atoms with Gasteiger partial charge in [0.2, 0.25) is 11.5 Å². The summed E-state index contributed by atoms with van der Waals surface area (Å²) in [5.41, 5.74) is 8.01. The van der Waals surface area contributed by atoms with Crippen molar-refractivity contribution in [3.05, 3.63) is 41.0 Å². The molecule has 0 atom stereocenters. The molecule has 0 aliphatic heterocycles. The molecule has 0 spiro atoms. The van der Waals surface area contributed by atoms with Crippen LogP contribution in [0.15, 0.2) is 29.8 Å². The molecule has 0 aliphatic carbocycles. The molecule has 2 aromatic rings. The van der Waals surface area contributed by atoms with Gasteiger partial charge in [-0.3, -0.25) is 4.79 Å². The zero-order valence-corrected chi connectivity index (χ0v) is 17.6. The summed E-state index contributed by atoms with van der Waals surface area (Å²) >= 11 is 0. The average Bonchev–Trinajstić information content (AvgIpc) is 2.75. The van der Waals surface area contributed by atoms with Gasteiger partial charge in [0, 0.05) is 16.7 Å². The molecule has 2 N–H and O–H groups in total. The number of allylic oxidation sites excluding steroid dienone is 1. The molecule has 0 saturated carbocycles. The standard InChI is InChI=1S/C22H27NO6/c1-7-13(19(24)14-8-9-16(23)17(11-14)25-2)10-15-12-18(26-3)21(28-5)22(29-6)20(15)27-4/h8-12H,7,23H2,1-6H3. The van der Waals surface area contributed by atoms with Gasteiger partial charge < -0.3 is 29.4 Å². The lowest BCUT2D eigenvalue weighted by Crippen LogP contribution is -2.05. The minimum absolute atomic E-state index is 0.137. The predicted molar refractivity (Wildman–Crippen MR) is 113 cm³/mol. The monoisotopic (exact) mass is 401 g/mol. The molecule has 0 aromatic heterocycles. The SMILES string of the molecule is CCC(=Cc1cc(OC)c(OC)c(OC)c1OC)C(=O)c1ccc(N)c(OC)c1. The number of hydrogen-bond acceptors (Lipinski definition) is 7. The molecule has 0 saturated heterocycles. The van der Waals surface area contributed by atoms with E-state index < -0.39 is 0 Å². The lowest BCUT2D eigenvalue weighted by molar-refractivity contribution is 0.103. The van der Waals surface area contributed by atoms with Crippen LogP contribution in [0.25, 0.3) is 6.08 Å². The Morgan fingerprint density at radius 1 is 0.862 bits per heavy atom. The summed E-state index contributed by atoms with van der Waals surface area (Å²) in [6.45, 7) is 1.91. The Hall–Kier alpha value is -3.35. The maximum Gasteiger partial charge on any atom is 0.207 e. The molecule has 0 amide bonds. The van der Waals surface area contributed by atoms with Gasteiger partial charge in [0.05, 0.1) is 41.2 Å². The van der Waals surface area contributed by atoms with Crippen LogP contribution >= 0.6 is 0 Å². The fraction of sp³-hybridized carbons (Fsp3) is 0.318. The minimum atomic E-state index is -0.137. The van der Waals surface area contributed by atoms with Gasteiger partial charge in [-0.1, -0.05) is 6.92 Å². The number of rotatable bonds is 9. The molecule has 0 unspecified atom stereocenters. The van der Waals surface area contributed by atoms with Crippen molar-refractivity contribution in [1.82, 2.24) is 0 Å². The number of ether oxygens (including phenoxy) is 5. The molecule has 0 aliphatic rings. The van der Waals surface area contributed by atoms with Gasteiger partial charge in [0.15, 0.2) is 17.3 Å². The summed E-state index contributed by atoms with van der Waals surface area (Å²) < 4.78 is 27.1. The number of anilines is 1. The Bertz CT molecular complexity index is 920. The number of nitrogen functional groups attached to an aromatic ring is 1. The Balaban J connectivity index is 2.61. The van der Waals surface area contributed by atoms with Gasteiger partial charge in [-0.2, -0.15) is 0 Å².